The van der Waals surface area contributed by atoms with E-state index in [1.807, 2.05) is 42.8 Å². The van der Waals surface area contributed by atoms with E-state index in [9.17, 15) is 9.59 Å². The Bertz CT molecular complexity index is 948. The first-order chi connectivity index (χ1) is 15.0. The van der Waals surface area contributed by atoms with Crippen LogP contribution in [0, 0.1) is 25.7 Å². The minimum absolute atomic E-state index is 0.141. The second kappa shape index (κ2) is 9.25. The van der Waals surface area contributed by atoms with Gasteiger partial charge in [-0.2, -0.15) is 5.10 Å². The summed E-state index contributed by atoms with van der Waals surface area (Å²) in [6.07, 6.45) is 7.37. The van der Waals surface area contributed by atoms with Gasteiger partial charge in [0.05, 0.1) is 18.5 Å². The van der Waals surface area contributed by atoms with Gasteiger partial charge in [0.25, 0.3) is 5.91 Å². The Kier molecular flexibility index (Phi) is 6.44. The number of ether oxygens (including phenoxy) is 1. The van der Waals surface area contributed by atoms with Gasteiger partial charge in [-0.15, -0.1) is 0 Å². The first-order valence-corrected chi connectivity index (χ1v) is 11.5. The van der Waals surface area contributed by atoms with Crippen LogP contribution >= 0.6 is 0 Å². The third-order valence-electron chi connectivity index (χ3n) is 7.19. The van der Waals surface area contributed by atoms with Crippen molar-refractivity contribution in [3.63, 3.8) is 0 Å². The summed E-state index contributed by atoms with van der Waals surface area (Å²) in [5, 5.41) is 4.66. The van der Waals surface area contributed by atoms with Crippen molar-refractivity contribution in [3.8, 4) is 5.69 Å². The fourth-order valence-electron chi connectivity index (χ4n) is 5.33. The van der Waals surface area contributed by atoms with Gasteiger partial charge in [-0.05, 0) is 74.8 Å². The molecule has 2 aliphatic rings. The highest BCUT2D eigenvalue weighted by Gasteiger charge is 2.33. The third kappa shape index (κ3) is 4.53. The van der Waals surface area contributed by atoms with Gasteiger partial charge >= 0.3 is 5.97 Å². The highest BCUT2D eigenvalue weighted by atomic mass is 16.5. The fraction of sp³-hybridized carbons (Fsp3) is 0.560. The molecule has 1 aliphatic carbocycles. The van der Waals surface area contributed by atoms with E-state index < -0.39 is 0 Å². The molecule has 0 spiro atoms. The molecule has 1 aromatic carbocycles. The van der Waals surface area contributed by atoms with Gasteiger partial charge in [-0.3, -0.25) is 9.59 Å². The number of benzene rings is 1. The predicted molar refractivity (Wildman–Crippen MR) is 119 cm³/mol. The van der Waals surface area contributed by atoms with Crippen LogP contribution in [0.2, 0.25) is 0 Å². The number of hydrogen-bond donors (Lipinski definition) is 0. The summed E-state index contributed by atoms with van der Waals surface area (Å²) in [6.45, 7) is 5.76. The Morgan fingerprint density at radius 2 is 1.77 bits per heavy atom. The van der Waals surface area contributed by atoms with E-state index >= 15 is 0 Å². The van der Waals surface area contributed by atoms with Gasteiger partial charge in [0, 0.05) is 30.8 Å². The van der Waals surface area contributed by atoms with E-state index in [1.54, 1.807) is 0 Å². The Balaban J connectivity index is 1.46. The molecule has 1 saturated heterocycles. The number of carbonyl (C=O) groups excluding carboxylic acids is 2. The van der Waals surface area contributed by atoms with Gasteiger partial charge in [0.15, 0.2) is 0 Å². The maximum atomic E-state index is 13.1. The van der Waals surface area contributed by atoms with Crippen molar-refractivity contribution in [3.05, 3.63) is 46.8 Å². The number of piperidine rings is 1. The largest absolute Gasteiger partial charge is 0.469 e. The van der Waals surface area contributed by atoms with Gasteiger partial charge in [0.1, 0.15) is 0 Å². The highest BCUT2D eigenvalue weighted by Crippen LogP contribution is 2.36. The third-order valence-corrected chi connectivity index (χ3v) is 7.19. The zero-order valence-electron chi connectivity index (χ0n) is 18.9. The van der Waals surface area contributed by atoms with Crippen LogP contribution < -0.4 is 0 Å². The molecule has 6 nitrogen and oxygen atoms in total. The van der Waals surface area contributed by atoms with Crippen LogP contribution in [0.5, 0.6) is 0 Å². The molecular formula is C25H33N3O3. The van der Waals surface area contributed by atoms with Gasteiger partial charge in [0.2, 0.25) is 0 Å². The number of methoxy groups -OCH3 is 1. The first kappa shape index (κ1) is 21.6. The van der Waals surface area contributed by atoms with Gasteiger partial charge in [-0.25, -0.2) is 4.68 Å². The lowest BCUT2D eigenvalue weighted by molar-refractivity contribution is -0.140. The molecule has 0 radical (unpaired) electrons. The molecule has 1 amide bonds. The van der Waals surface area contributed by atoms with E-state index in [1.165, 1.54) is 32.8 Å². The van der Waals surface area contributed by atoms with Crippen molar-refractivity contribution >= 4 is 11.9 Å². The number of amides is 1. The van der Waals surface area contributed by atoms with Crippen LogP contribution in [0.15, 0.2) is 24.3 Å². The van der Waals surface area contributed by atoms with E-state index in [-0.39, 0.29) is 11.9 Å². The average Bonchev–Trinajstić information content (AvgIpc) is 3.09. The van der Waals surface area contributed by atoms with Crippen LogP contribution in [0.4, 0.5) is 0 Å². The molecular weight excluding hydrogens is 390 g/mol. The lowest BCUT2D eigenvalue weighted by Crippen LogP contribution is -2.44. The molecule has 1 saturated carbocycles. The average molecular weight is 424 g/mol. The SMILES string of the molecule is COC(=O)CCc1c(C)nn(-c2ccc(C(=O)N3CC[C@H]4CCCC[C@@H]4C3)cc2)c1C. The normalized spacial score (nSPS) is 20.9. The number of aryl methyl sites for hydroxylation is 1. The molecule has 1 aliphatic heterocycles. The summed E-state index contributed by atoms with van der Waals surface area (Å²) in [5.74, 6) is 1.43. The maximum absolute atomic E-state index is 13.1. The standard InChI is InChI=1S/C25H33N3O3/c1-17-23(12-13-24(29)31-3)18(2)28(26-17)22-10-8-20(9-11-22)25(30)27-15-14-19-6-4-5-7-21(19)16-27/h8-11,19,21H,4-7,12-16H2,1-3H3/t19-,21-/m1/s1. The van der Waals surface area contributed by atoms with Crippen LogP contribution in [0.3, 0.4) is 0 Å². The summed E-state index contributed by atoms with van der Waals surface area (Å²) >= 11 is 0. The van der Waals surface area contributed by atoms with Crippen molar-refractivity contribution in [1.29, 1.82) is 0 Å². The van der Waals surface area contributed by atoms with Crippen molar-refractivity contribution in [1.82, 2.24) is 14.7 Å². The monoisotopic (exact) mass is 423 g/mol. The predicted octanol–water partition coefficient (Wildman–Crippen LogP) is 4.25. The second-order valence-electron chi connectivity index (χ2n) is 9.03. The van der Waals surface area contributed by atoms with Gasteiger partial charge in [-0.1, -0.05) is 19.3 Å². The molecule has 2 aromatic rings. The molecule has 166 valence electrons. The van der Waals surface area contributed by atoms with Crippen molar-refractivity contribution in [2.24, 2.45) is 11.8 Å². The minimum Gasteiger partial charge on any atom is -0.469 e. The fourth-order valence-corrected chi connectivity index (χ4v) is 5.33. The van der Waals surface area contributed by atoms with Crippen LogP contribution in [0.1, 0.15) is 65.8 Å². The van der Waals surface area contributed by atoms with Crippen molar-refractivity contribution in [2.75, 3.05) is 20.2 Å². The summed E-state index contributed by atoms with van der Waals surface area (Å²) < 4.78 is 6.65. The summed E-state index contributed by atoms with van der Waals surface area (Å²) in [6, 6.07) is 7.75. The lowest BCUT2D eigenvalue weighted by Gasteiger charge is -2.41. The topological polar surface area (TPSA) is 64.4 Å². The molecule has 2 atom stereocenters. The maximum Gasteiger partial charge on any atom is 0.305 e. The molecule has 0 unspecified atom stereocenters. The number of hydrogen-bond acceptors (Lipinski definition) is 4. The number of nitrogens with zero attached hydrogens (tertiary/aromatic N) is 3. The van der Waals surface area contributed by atoms with Crippen molar-refractivity contribution < 1.29 is 14.3 Å². The summed E-state index contributed by atoms with van der Waals surface area (Å²) in [7, 11) is 1.41. The zero-order valence-corrected chi connectivity index (χ0v) is 18.9. The second-order valence-corrected chi connectivity index (χ2v) is 9.03. The number of fused-ring (bicyclic) bond motifs is 1. The Morgan fingerprint density at radius 1 is 1.06 bits per heavy atom. The molecule has 31 heavy (non-hydrogen) atoms. The molecule has 0 N–H and O–H groups in total. The van der Waals surface area contributed by atoms with Gasteiger partial charge < -0.3 is 9.64 Å². The molecule has 2 fully saturated rings. The Labute approximate surface area is 184 Å². The summed E-state index contributed by atoms with van der Waals surface area (Å²) in [4.78, 5) is 26.6. The number of rotatable bonds is 5. The van der Waals surface area contributed by atoms with E-state index in [2.05, 4.69) is 10.00 Å². The molecule has 4 rings (SSSR count). The highest BCUT2D eigenvalue weighted by molar-refractivity contribution is 5.94. The minimum atomic E-state index is -0.216. The summed E-state index contributed by atoms with van der Waals surface area (Å²) in [5.41, 5.74) is 4.66. The van der Waals surface area contributed by atoms with Crippen molar-refractivity contribution in [2.45, 2.75) is 58.8 Å². The zero-order chi connectivity index (χ0) is 22.0. The van der Waals surface area contributed by atoms with E-state index in [0.717, 1.165) is 53.6 Å². The molecule has 0 bridgehead atoms. The van der Waals surface area contributed by atoms with E-state index in [0.29, 0.717) is 18.8 Å². The molecule has 2 heterocycles. The quantitative estimate of drug-likeness (QED) is 0.675. The smallest absolute Gasteiger partial charge is 0.305 e. The van der Waals surface area contributed by atoms with Crippen LogP contribution in [-0.2, 0) is 16.0 Å². The number of likely N-dealkylation sites (tertiary alicyclic amines) is 1. The molecule has 1 aromatic heterocycles. The van der Waals surface area contributed by atoms with Crippen LogP contribution in [-0.4, -0.2) is 46.8 Å². The lowest BCUT2D eigenvalue weighted by atomic mass is 9.75. The Morgan fingerprint density at radius 3 is 2.48 bits per heavy atom. The van der Waals surface area contributed by atoms with E-state index in [4.69, 9.17) is 4.74 Å². The number of esters is 1. The Hall–Kier alpha value is -2.63. The van der Waals surface area contributed by atoms with Crippen LogP contribution in [0.25, 0.3) is 5.69 Å². The first-order valence-electron chi connectivity index (χ1n) is 11.5. The number of aromatic nitrogens is 2. The number of carbonyl (C=O) groups is 2. The molecule has 6 heteroatoms.